The number of carbonyl (C=O) groups is 1. The van der Waals surface area contributed by atoms with Crippen LogP contribution >= 0.6 is 11.5 Å². The number of amides is 1. The minimum absolute atomic E-state index is 0.0347. The molecule has 0 aliphatic rings. The van der Waals surface area contributed by atoms with Crippen molar-refractivity contribution in [3.05, 3.63) is 5.82 Å². The molecule has 1 heterocycles. The van der Waals surface area contributed by atoms with Gasteiger partial charge in [0.25, 0.3) is 0 Å². The van der Waals surface area contributed by atoms with Gasteiger partial charge in [-0.25, -0.2) is 4.98 Å². The Morgan fingerprint density at radius 3 is 2.53 bits per heavy atom. The molecule has 5 nitrogen and oxygen atoms in total. The van der Waals surface area contributed by atoms with Crippen molar-refractivity contribution in [2.75, 3.05) is 11.9 Å². The molecular weight excluding hydrogens is 236 g/mol. The van der Waals surface area contributed by atoms with Crippen LogP contribution < -0.4 is 10.6 Å². The van der Waals surface area contributed by atoms with Crippen molar-refractivity contribution in [1.29, 1.82) is 0 Å². The molecule has 0 aliphatic heterocycles. The topological polar surface area (TPSA) is 66.9 Å². The average Bonchev–Trinajstić information content (AvgIpc) is 2.61. The fraction of sp³-hybridized carbons (Fsp3) is 0.727. The highest BCUT2D eigenvalue weighted by Gasteiger charge is 2.19. The lowest BCUT2D eigenvalue weighted by Gasteiger charge is -2.12. The summed E-state index contributed by atoms with van der Waals surface area (Å²) >= 11 is 1.29. The molecule has 96 valence electrons. The number of hydrogen-bond donors (Lipinski definition) is 2. The van der Waals surface area contributed by atoms with Crippen LogP contribution in [0.4, 0.5) is 5.13 Å². The molecular formula is C11H20N4OS. The first kappa shape index (κ1) is 13.9. The number of nitrogens with zero attached hydrogens (tertiary/aromatic N) is 2. The van der Waals surface area contributed by atoms with Gasteiger partial charge in [-0.15, -0.1) is 0 Å². The lowest BCUT2D eigenvalue weighted by Crippen LogP contribution is -2.34. The predicted molar refractivity (Wildman–Crippen MR) is 70.4 cm³/mol. The zero-order valence-electron chi connectivity index (χ0n) is 11.0. The van der Waals surface area contributed by atoms with E-state index in [0.29, 0.717) is 5.13 Å². The van der Waals surface area contributed by atoms with E-state index in [4.69, 9.17) is 0 Å². The number of hydrogen-bond acceptors (Lipinski definition) is 5. The van der Waals surface area contributed by atoms with Gasteiger partial charge in [-0.2, -0.15) is 4.37 Å². The molecule has 6 heteroatoms. The lowest BCUT2D eigenvalue weighted by atomic mass is 9.96. The molecule has 1 aromatic heterocycles. The molecule has 0 bridgehead atoms. The summed E-state index contributed by atoms with van der Waals surface area (Å²) in [6, 6.07) is 0.156. The minimum atomic E-state index is -0.0589. The Morgan fingerprint density at radius 2 is 2.06 bits per heavy atom. The van der Waals surface area contributed by atoms with Crippen LogP contribution in [0.1, 0.15) is 40.4 Å². The Morgan fingerprint density at radius 1 is 1.41 bits per heavy atom. The maximum atomic E-state index is 11.4. The summed E-state index contributed by atoms with van der Waals surface area (Å²) in [5.41, 5.74) is -0.0589. The lowest BCUT2D eigenvalue weighted by molar-refractivity contribution is -0.119. The second-order valence-electron chi connectivity index (χ2n) is 5.25. The van der Waals surface area contributed by atoms with E-state index in [9.17, 15) is 4.79 Å². The van der Waals surface area contributed by atoms with Crippen LogP contribution in [0.3, 0.4) is 0 Å². The molecule has 0 aromatic carbocycles. The van der Waals surface area contributed by atoms with Crippen LogP contribution in [0.25, 0.3) is 0 Å². The minimum Gasteiger partial charge on any atom is -0.352 e. The van der Waals surface area contributed by atoms with Gasteiger partial charge in [-0.05, 0) is 13.8 Å². The van der Waals surface area contributed by atoms with Gasteiger partial charge in [0.15, 0.2) is 0 Å². The van der Waals surface area contributed by atoms with E-state index < -0.39 is 0 Å². The van der Waals surface area contributed by atoms with Crippen molar-refractivity contribution < 1.29 is 4.79 Å². The van der Waals surface area contributed by atoms with Crippen molar-refractivity contribution in [3.63, 3.8) is 0 Å². The number of aromatic nitrogens is 2. The van der Waals surface area contributed by atoms with Gasteiger partial charge >= 0.3 is 0 Å². The molecule has 1 rings (SSSR count). The van der Waals surface area contributed by atoms with E-state index in [1.807, 2.05) is 13.8 Å². The maximum Gasteiger partial charge on any atom is 0.239 e. The molecule has 1 aromatic rings. The number of anilines is 1. The van der Waals surface area contributed by atoms with E-state index in [-0.39, 0.29) is 23.9 Å². The Hall–Kier alpha value is -1.17. The first-order chi connectivity index (χ1) is 7.79. The third-order valence-corrected chi connectivity index (χ3v) is 2.62. The molecule has 1 amide bonds. The molecule has 0 atom stereocenters. The van der Waals surface area contributed by atoms with Gasteiger partial charge < -0.3 is 10.6 Å². The highest BCUT2D eigenvalue weighted by molar-refractivity contribution is 7.09. The largest absolute Gasteiger partial charge is 0.352 e. The molecule has 0 spiro atoms. The van der Waals surface area contributed by atoms with Gasteiger partial charge in [-0.3, -0.25) is 4.79 Å². The molecule has 0 aliphatic carbocycles. The standard InChI is InChI=1S/C11H20N4OS/c1-7(2)13-8(16)6-12-10-14-9(15-17-10)11(3,4)5/h7H,6H2,1-5H3,(H,13,16)(H,12,14,15). The van der Waals surface area contributed by atoms with E-state index >= 15 is 0 Å². The third kappa shape index (κ3) is 4.68. The summed E-state index contributed by atoms with van der Waals surface area (Å²) in [5, 5.41) is 6.47. The van der Waals surface area contributed by atoms with Crippen LogP contribution in [0.5, 0.6) is 0 Å². The highest BCUT2D eigenvalue weighted by atomic mass is 32.1. The summed E-state index contributed by atoms with van der Waals surface area (Å²) in [6.45, 7) is 10.3. The van der Waals surface area contributed by atoms with Gasteiger partial charge in [0.2, 0.25) is 11.0 Å². The van der Waals surface area contributed by atoms with E-state index in [0.717, 1.165) is 5.82 Å². The molecule has 0 saturated heterocycles. The Kier molecular flexibility index (Phi) is 4.45. The quantitative estimate of drug-likeness (QED) is 0.861. The highest BCUT2D eigenvalue weighted by Crippen LogP contribution is 2.22. The van der Waals surface area contributed by atoms with E-state index in [1.54, 1.807) is 0 Å². The van der Waals surface area contributed by atoms with Crippen molar-refractivity contribution in [3.8, 4) is 0 Å². The zero-order valence-corrected chi connectivity index (χ0v) is 11.8. The van der Waals surface area contributed by atoms with Crippen molar-refractivity contribution in [2.45, 2.75) is 46.1 Å². The van der Waals surface area contributed by atoms with Crippen LogP contribution in [-0.2, 0) is 10.2 Å². The van der Waals surface area contributed by atoms with Gasteiger partial charge in [-0.1, -0.05) is 20.8 Å². The molecule has 0 unspecified atom stereocenters. The summed E-state index contributed by atoms with van der Waals surface area (Å²) in [5.74, 6) is 0.766. The molecule has 2 N–H and O–H groups in total. The van der Waals surface area contributed by atoms with Crippen LogP contribution in [0, 0.1) is 0 Å². The number of carbonyl (C=O) groups excluding carboxylic acids is 1. The number of nitrogens with one attached hydrogen (secondary N) is 2. The van der Waals surface area contributed by atoms with Gasteiger partial charge in [0.1, 0.15) is 5.82 Å². The smallest absolute Gasteiger partial charge is 0.239 e. The molecule has 17 heavy (non-hydrogen) atoms. The summed E-state index contributed by atoms with van der Waals surface area (Å²) < 4.78 is 4.26. The van der Waals surface area contributed by atoms with Gasteiger partial charge in [0, 0.05) is 23.0 Å². The Balaban J connectivity index is 2.48. The first-order valence-corrected chi connectivity index (χ1v) is 6.44. The summed E-state index contributed by atoms with van der Waals surface area (Å²) in [4.78, 5) is 15.8. The zero-order chi connectivity index (χ0) is 13.1. The fourth-order valence-corrected chi connectivity index (χ4v) is 1.88. The summed E-state index contributed by atoms with van der Waals surface area (Å²) in [7, 11) is 0. The SMILES string of the molecule is CC(C)NC(=O)CNc1nc(C(C)(C)C)ns1. The van der Waals surface area contributed by atoms with E-state index in [1.165, 1.54) is 11.5 Å². The number of rotatable bonds is 4. The third-order valence-electron chi connectivity index (χ3n) is 1.95. The van der Waals surface area contributed by atoms with Crippen LogP contribution in [0.15, 0.2) is 0 Å². The molecule has 0 fully saturated rings. The fourth-order valence-electron chi connectivity index (χ4n) is 1.13. The Bertz CT molecular complexity index is 381. The second kappa shape index (κ2) is 5.44. The Labute approximate surface area is 106 Å². The second-order valence-corrected chi connectivity index (χ2v) is 6.00. The van der Waals surface area contributed by atoms with Gasteiger partial charge in [0.05, 0.1) is 6.54 Å². The van der Waals surface area contributed by atoms with Crippen molar-refractivity contribution in [2.24, 2.45) is 0 Å². The summed E-state index contributed by atoms with van der Waals surface area (Å²) in [6.07, 6.45) is 0. The van der Waals surface area contributed by atoms with Crippen molar-refractivity contribution in [1.82, 2.24) is 14.7 Å². The normalized spacial score (nSPS) is 11.6. The average molecular weight is 256 g/mol. The van der Waals surface area contributed by atoms with E-state index in [2.05, 4.69) is 40.8 Å². The first-order valence-electron chi connectivity index (χ1n) is 5.66. The predicted octanol–water partition coefficient (Wildman–Crippen LogP) is 1.77. The molecule has 0 saturated carbocycles. The molecule has 0 radical (unpaired) electrons. The maximum absolute atomic E-state index is 11.4. The van der Waals surface area contributed by atoms with Crippen molar-refractivity contribution >= 4 is 22.6 Å². The van der Waals surface area contributed by atoms with Crippen LogP contribution in [0.2, 0.25) is 0 Å². The monoisotopic (exact) mass is 256 g/mol. The van der Waals surface area contributed by atoms with Crippen LogP contribution in [-0.4, -0.2) is 27.9 Å².